The molecule has 0 saturated heterocycles. The maximum Gasteiger partial charge on any atom is 0.261 e. The van der Waals surface area contributed by atoms with E-state index in [2.05, 4.69) is 26.8 Å². The van der Waals surface area contributed by atoms with Crippen molar-refractivity contribution in [2.45, 2.75) is 20.0 Å². The molecule has 0 bridgehead atoms. The minimum atomic E-state index is -0.259. The largest absolute Gasteiger partial charge is 0.326 e. The van der Waals surface area contributed by atoms with Crippen LogP contribution in [0.2, 0.25) is 0 Å². The highest BCUT2D eigenvalue weighted by molar-refractivity contribution is 9.10. The number of amides is 1. The van der Waals surface area contributed by atoms with Gasteiger partial charge in [0.15, 0.2) is 0 Å². The van der Waals surface area contributed by atoms with E-state index in [9.17, 15) is 9.59 Å². The number of benzene rings is 2. The Labute approximate surface area is 165 Å². The first kappa shape index (κ1) is 18.9. The lowest BCUT2D eigenvalue weighted by Crippen LogP contribution is -2.36. The van der Waals surface area contributed by atoms with Gasteiger partial charge in [-0.25, -0.2) is 4.98 Å². The maximum atomic E-state index is 12.8. The number of terminal acetylenes is 1. The first-order valence-corrected chi connectivity index (χ1v) is 9.18. The normalized spacial score (nSPS) is 10.6. The average Bonchev–Trinajstić information content (AvgIpc) is 2.65. The van der Waals surface area contributed by atoms with Crippen LogP contribution in [0.25, 0.3) is 10.9 Å². The summed E-state index contributed by atoms with van der Waals surface area (Å²) in [7, 11) is 0. The van der Waals surface area contributed by atoms with Crippen molar-refractivity contribution < 1.29 is 4.79 Å². The van der Waals surface area contributed by atoms with E-state index in [1.165, 1.54) is 10.9 Å². The molecular weight excluding hydrogens is 406 g/mol. The van der Waals surface area contributed by atoms with Gasteiger partial charge in [-0.2, -0.15) is 0 Å². The van der Waals surface area contributed by atoms with E-state index in [4.69, 9.17) is 6.42 Å². The fraction of sp³-hybridized carbons (Fsp3) is 0.190. The Morgan fingerprint density at radius 3 is 2.70 bits per heavy atom. The molecule has 0 spiro atoms. The van der Waals surface area contributed by atoms with Gasteiger partial charge in [0.2, 0.25) is 5.91 Å². The number of hydrogen-bond acceptors (Lipinski definition) is 3. The highest BCUT2D eigenvalue weighted by Gasteiger charge is 2.15. The third-order valence-electron chi connectivity index (χ3n) is 4.22. The van der Waals surface area contributed by atoms with Gasteiger partial charge in [-0.3, -0.25) is 14.2 Å². The first-order chi connectivity index (χ1) is 13.0. The van der Waals surface area contributed by atoms with Gasteiger partial charge < -0.3 is 4.90 Å². The van der Waals surface area contributed by atoms with Crippen molar-refractivity contribution in [2.75, 3.05) is 6.54 Å². The van der Waals surface area contributed by atoms with Crippen molar-refractivity contribution in [1.82, 2.24) is 14.5 Å². The Bertz CT molecular complexity index is 1080. The lowest BCUT2D eigenvalue weighted by molar-refractivity contribution is -0.131. The summed E-state index contributed by atoms with van der Waals surface area (Å²) in [6, 6.07) is 13.2. The molecule has 0 fully saturated rings. The summed E-state index contributed by atoms with van der Waals surface area (Å²) in [6.45, 7) is 2.46. The lowest BCUT2D eigenvalue weighted by atomic mass is 10.1. The molecule has 1 aromatic heterocycles. The van der Waals surface area contributed by atoms with Crippen LogP contribution in [0.3, 0.4) is 0 Å². The molecule has 6 heteroatoms. The average molecular weight is 424 g/mol. The number of fused-ring (bicyclic) bond motifs is 1. The molecule has 1 heterocycles. The molecule has 0 aliphatic heterocycles. The predicted molar refractivity (Wildman–Crippen MR) is 109 cm³/mol. The molecule has 0 saturated carbocycles. The number of rotatable bonds is 5. The Morgan fingerprint density at radius 1 is 1.26 bits per heavy atom. The first-order valence-electron chi connectivity index (χ1n) is 8.39. The Balaban J connectivity index is 1.84. The number of carbonyl (C=O) groups excluding carboxylic acids is 1. The van der Waals surface area contributed by atoms with Crippen LogP contribution in [0.5, 0.6) is 0 Å². The summed E-state index contributed by atoms with van der Waals surface area (Å²) in [6.07, 6.45) is 6.83. The quantitative estimate of drug-likeness (QED) is 0.592. The summed E-state index contributed by atoms with van der Waals surface area (Å²) in [5, 5.41) is 0.460. The number of halogens is 1. The minimum Gasteiger partial charge on any atom is -0.326 e. The highest BCUT2D eigenvalue weighted by atomic mass is 79.9. The monoisotopic (exact) mass is 423 g/mol. The zero-order chi connectivity index (χ0) is 19.4. The molecule has 136 valence electrons. The van der Waals surface area contributed by atoms with Gasteiger partial charge >= 0.3 is 0 Å². The van der Waals surface area contributed by atoms with E-state index in [-0.39, 0.29) is 24.6 Å². The molecule has 1 amide bonds. The Hall–Kier alpha value is -2.91. The van der Waals surface area contributed by atoms with Crippen LogP contribution < -0.4 is 5.56 Å². The molecule has 27 heavy (non-hydrogen) atoms. The van der Waals surface area contributed by atoms with E-state index in [0.29, 0.717) is 17.4 Å². The van der Waals surface area contributed by atoms with Crippen LogP contribution in [0.15, 0.2) is 58.1 Å². The number of aromatic nitrogens is 2. The SMILES string of the molecule is C#CCN(Cc1ccc(C)cc1)C(=O)Cn1cnc2ccc(Br)cc2c1=O. The van der Waals surface area contributed by atoms with Crippen LogP contribution in [0.4, 0.5) is 0 Å². The molecule has 2 aromatic carbocycles. The van der Waals surface area contributed by atoms with Gasteiger partial charge in [0, 0.05) is 11.0 Å². The van der Waals surface area contributed by atoms with Gasteiger partial charge in [0.05, 0.1) is 23.8 Å². The topological polar surface area (TPSA) is 55.2 Å². The van der Waals surface area contributed by atoms with Gasteiger partial charge in [-0.1, -0.05) is 51.7 Å². The van der Waals surface area contributed by atoms with Gasteiger partial charge in [0.25, 0.3) is 5.56 Å². The standard InChI is InChI=1S/C21H18BrN3O2/c1-3-10-24(12-16-6-4-15(2)5-7-16)20(26)13-25-14-23-19-9-8-17(22)11-18(19)21(25)27/h1,4-9,11,14H,10,12-13H2,2H3. The molecule has 0 radical (unpaired) electrons. The molecule has 0 unspecified atom stereocenters. The molecule has 5 nitrogen and oxygen atoms in total. The number of hydrogen-bond donors (Lipinski definition) is 0. The molecule has 0 N–H and O–H groups in total. The van der Waals surface area contributed by atoms with Crippen molar-refractivity contribution in [1.29, 1.82) is 0 Å². The van der Waals surface area contributed by atoms with Crippen LogP contribution in [0, 0.1) is 19.3 Å². The summed E-state index contributed by atoms with van der Waals surface area (Å²) in [4.78, 5) is 31.3. The smallest absolute Gasteiger partial charge is 0.261 e. The summed E-state index contributed by atoms with van der Waals surface area (Å²) in [5.41, 5.74) is 2.46. The summed E-state index contributed by atoms with van der Waals surface area (Å²) in [5.74, 6) is 2.28. The fourth-order valence-electron chi connectivity index (χ4n) is 2.75. The number of nitrogens with zero attached hydrogens (tertiary/aromatic N) is 3. The van der Waals surface area contributed by atoms with E-state index >= 15 is 0 Å². The third-order valence-corrected chi connectivity index (χ3v) is 4.71. The number of carbonyl (C=O) groups is 1. The van der Waals surface area contributed by atoms with Crippen LogP contribution in [-0.2, 0) is 17.9 Å². The predicted octanol–water partition coefficient (Wildman–Crippen LogP) is 3.13. The number of aryl methyl sites for hydroxylation is 1. The minimum absolute atomic E-state index is 0.109. The molecule has 0 aliphatic rings. The van der Waals surface area contributed by atoms with Gasteiger partial charge in [-0.05, 0) is 30.7 Å². The van der Waals surface area contributed by atoms with Crippen LogP contribution >= 0.6 is 15.9 Å². The molecule has 3 aromatic rings. The van der Waals surface area contributed by atoms with Crippen LogP contribution in [-0.4, -0.2) is 26.9 Å². The molecule has 0 atom stereocenters. The second-order valence-corrected chi connectivity index (χ2v) is 7.19. The van der Waals surface area contributed by atoms with Crippen molar-refractivity contribution in [3.63, 3.8) is 0 Å². The van der Waals surface area contributed by atoms with E-state index < -0.39 is 0 Å². The van der Waals surface area contributed by atoms with E-state index in [1.54, 1.807) is 17.0 Å². The maximum absolute atomic E-state index is 12.8. The van der Waals surface area contributed by atoms with Crippen LogP contribution in [0.1, 0.15) is 11.1 Å². The van der Waals surface area contributed by atoms with Crippen molar-refractivity contribution in [3.8, 4) is 12.3 Å². The third kappa shape index (κ3) is 4.44. The van der Waals surface area contributed by atoms with Crippen molar-refractivity contribution in [2.24, 2.45) is 0 Å². The Kier molecular flexibility index (Phi) is 5.72. The highest BCUT2D eigenvalue weighted by Crippen LogP contribution is 2.15. The van der Waals surface area contributed by atoms with Crippen molar-refractivity contribution in [3.05, 3.63) is 74.7 Å². The van der Waals surface area contributed by atoms with Gasteiger partial charge in [0.1, 0.15) is 6.54 Å². The van der Waals surface area contributed by atoms with E-state index in [1.807, 2.05) is 37.3 Å². The van der Waals surface area contributed by atoms with E-state index in [0.717, 1.165) is 15.6 Å². The lowest BCUT2D eigenvalue weighted by Gasteiger charge is -2.21. The Morgan fingerprint density at radius 2 is 2.00 bits per heavy atom. The zero-order valence-corrected chi connectivity index (χ0v) is 16.4. The second kappa shape index (κ2) is 8.19. The zero-order valence-electron chi connectivity index (χ0n) is 14.9. The molecule has 3 rings (SSSR count). The second-order valence-electron chi connectivity index (χ2n) is 6.28. The fourth-order valence-corrected chi connectivity index (χ4v) is 3.11. The molecular formula is C21H18BrN3O2. The summed E-state index contributed by atoms with van der Waals surface area (Å²) < 4.78 is 2.10. The van der Waals surface area contributed by atoms with Gasteiger partial charge in [-0.15, -0.1) is 6.42 Å². The summed E-state index contributed by atoms with van der Waals surface area (Å²) >= 11 is 3.35. The molecule has 0 aliphatic carbocycles. The van der Waals surface area contributed by atoms with Crippen molar-refractivity contribution >= 4 is 32.7 Å².